The molecule has 4 rings (SSSR count). The van der Waals surface area contributed by atoms with Crippen LogP contribution in [0.25, 0.3) is 11.0 Å². The van der Waals surface area contributed by atoms with Gasteiger partial charge < -0.3 is 0 Å². The Morgan fingerprint density at radius 2 is 1.52 bits per heavy atom. The lowest BCUT2D eigenvalue weighted by atomic mass is 9.74. The van der Waals surface area contributed by atoms with Crippen LogP contribution in [0, 0.1) is 11.3 Å². The summed E-state index contributed by atoms with van der Waals surface area (Å²) in [6.07, 6.45) is 0.400. The van der Waals surface area contributed by atoms with Crippen LogP contribution >= 0.6 is 0 Å². The molecular formula is C26H28N4Si. The average Bonchev–Trinajstić information content (AvgIpc) is 3.21. The van der Waals surface area contributed by atoms with E-state index < -0.39 is 13.6 Å². The number of aromatic nitrogens is 3. The SMILES string of the molecule is C[Si](C)(C)CC(c1ccccc1)(C(CC#N)c1ccccc1)n1nnc2ccccc21. The summed E-state index contributed by atoms with van der Waals surface area (Å²) < 4.78 is 2.12. The van der Waals surface area contributed by atoms with E-state index in [-0.39, 0.29) is 5.92 Å². The largest absolute Gasteiger partial charge is 0.234 e. The van der Waals surface area contributed by atoms with Gasteiger partial charge in [-0.25, -0.2) is 4.68 Å². The maximum absolute atomic E-state index is 9.93. The van der Waals surface area contributed by atoms with Crippen molar-refractivity contribution in [2.24, 2.45) is 0 Å². The van der Waals surface area contributed by atoms with Gasteiger partial charge in [-0.2, -0.15) is 5.26 Å². The van der Waals surface area contributed by atoms with E-state index in [2.05, 4.69) is 90.1 Å². The Hall–Kier alpha value is -3.23. The molecule has 0 bridgehead atoms. The van der Waals surface area contributed by atoms with Crippen molar-refractivity contribution in [3.05, 3.63) is 96.1 Å². The Bertz CT molecular complexity index is 1190. The molecule has 0 spiro atoms. The van der Waals surface area contributed by atoms with E-state index in [1.807, 2.05) is 30.3 Å². The van der Waals surface area contributed by atoms with Gasteiger partial charge in [0, 0.05) is 20.4 Å². The van der Waals surface area contributed by atoms with Crippen LogP contribution in [-0.2, 0) is 5.54 Å². The highest BCUT2D eigenvalue weighted by molar-refractivity contribution is 6.76. The van der Waals surface area contributed by atoms with E-state index in [4.69, 9.17) is 5.21 Å². The zero-order chi connectivity index (χ0) is 21.9. The summed E-state index contributed by atoms with van der Waals surface area (Å²) in [6, 6.07) is 32.6. The van der Waals surface area contributed by atoms with Gasteiger partial charge in [-0.05, 0) is 29.3 Å². The molecule has 5 heteroatoms. The van der Waals surface area contributed by atoms with Gasteiger partial charge in [-0.3, -0.25) is 0 Å². The topological polar surface area (TPSA) is 54.5 Å². The van der Waals surface area contributed by atoms with Gasteiger partial charge in [0.2, 0.25) is 0 Å². The molecule has 3 aromatic carbocycles. The molecule has 31 heavy (non-hydrogen) atoms. The second-order valence-electron chi connectivity index (χ2n) is 9.34. The summed E-state index contributed by atoms with van der Waals surface area (Å²) >= 11 is 0. The van der Waals surface area contributed by atoms with E-state index in [1.54, 1.807) is 0 Å². The lowest BCUT2D eigenvalue weighted by molar-refractivity contribution is 0.286. The van der Waals surface area contributed by atoms with Crippen molar-refractivity contribution in [3.8, 4) is 6.07 Å². The van der Waals surface area contributed by atoms with Crippen molar-refractivity contribution in [2.75, 3.05) is 0 Å². The third-order valence-electron chi connectivity index (χ3n) is 5.88. The first kappa shape index (κ1) is 21.0. The summed E-state index contributed by atoms with van der Waals surface area (Å²) in [4.78, 5) is 0. The monoisotopic (exact) mass is 424 g/mol. The molecule has 0 radical (unpaired) electrons. The Kier molecular flexibility index (Phi) is 5.75. The lowest BCUT2D eigenvalue weighted by Crippen LogP contribution is -2.47. The molecule has 0 N–H and O–H groups in total. The molecule has 0 saturated carbocycles. The van der Waals surface area contributed by atoms with E-state index in [9.17, 15) is 5.26 Å². The Morgan fingerprint density at radius 3 is 2.16 bits per heavy atom. The van der Waals surface area contributed by atoms with Crippen LogP contribution in [0.15, 0.2) is 84.9 Å². The molecule has 0 saturated heterocycles. The Morgan fingerprint density at radius 1 is 0.903 bits per heavy atom. The second kappa shape index (κ2) is 8.48. The zero-order valence-electron chi connectivity index (χ0n) is 18.4. The van der Waals surface area contributed by atoms with Crippen LogP contribution in [0.5, 0.6) is 0 Å². The number of nitriles is 1. The molecule has 2 unspecified atom stereocenters. The molecule has 0 fully saturated rings. The predicted octanol–water partition coefficient (Wildman–Crippen LogP) is 6.21. The van der Waals surface area contributed by atoms with Crippen molar-refractivity contribution < 1.29 is 0 Å². The first-order valence-corrected chi connectivity index (χ1v) is 14.4. The molecule has 1 heterocycles. The fraction of sp³-hybridized carbons (Fsp3) is 0.269. The van der Waals surface area contributed by atoms with Gasteiger partial charge in [-0.1, -0.05) is 97.7 Å². The van der Waals surface area contributed by atoms with Crippen LogP contribution in [0.1, 0.15) is 23.5 Å². The highest BCUT2D eigenvalue weighted by Crippen LogP contribution is 2.48. The summed E-state index contributed by atoms with van der Waals surface area (Å²) in [6.45, 7) is 7.16. The molecule has 4 aromatic rings. The maximum atomic E-state index is 9.93. The summed E-state index contributed by atoms with van der Waals surface area (Å²) in [7, 11) is -1.64. The van der Waals surface area contributed by atoms with Crippen molar-refractivity contribution in [1.82, 2.24) is 15.0 Å². The average molecular weight is 425 g/mol. The van der Waals surface area contributed by atoms with Gasteiger partial charge in [0.15, 0.2) is 0 Å². The first-order valence-electron chi connectivity index (χ1n) is 10.7. The van der Waals surface area contributed by atoms with Gasteiger partial charge in [-0.15, -0.1) is 5.10 Å². The number of hydrogen-bond acceptors (Lipinski definition) is 3. The highest BCUT2D eigenvalue weighted by Gasteiger charge is 2.47. The third-order valence-corrected chi connectivity index (χ3v) is 7.48. The fourth-order valence-corrected chi connectivity index (χ4v) is 7.03. The van der Waals surface area contributed by atoms with Gasteiger partial charge >= 0.3 is 0 Å². The van der Waals surface area contributed by atoms with Gasteiger partial charge in [0.25, 0.3) is 0 Å². The van der Waals surface area contributed by atoms with E-state index >= 15 is 0 Å². The summed E-state index contributed by atoms with van der Waals surface area (Å²) in [5.41, 5.74) is 3.70. The molecule has 0 aliphatic rings. The minimum absolute atomic E-state index is 0.0575. The number of para-hydroxylation sites is 1. The second-order valence-corrected chi connectivity index (χ2v) is 14.8. The molecule has 1 aromatic heterocycles. The smallest absolute Gasteiger partial charge is 0.113 e. The fourth-order valence-electron chi connectivity index (χ4n) is 4.81. The third kappa shape index (κ3) is 4.04. The van der Waals surface area contributed by atoms with Crippen LogP contribution in [-0.4, -0.2) is 23.1 Å². The first-order chi connectivity index (χ1) is 15.0. The zero-order valence-corrected chi connectivity index (χ0v) is 19.4. The minimum Gasteiger partial charge on any atom is -0.234 e. The van der Waals surface area contributed by atoms with Crippen molar-refractivity contribution in [1.29, 1.82) is 5.26 Å². The lowest BCUT2D eigenvalue weighted by Gasteiger charge is -2.44. The Labute approximate surface area is 185 Å². The molecule has 2 atom stereocenters. The van der Waals surface area contributed by atoms with Crippen molar-refractivity contribution in [2.45, 2.75) is 43.6 Å². The van der Waals surface area contributed by atoms with Crippen LogP contribution in [0.4, 0.5) is 0 Å². The van der Waals surface area contributed by atoms with Crippen molar-refractivity contribution >= 4 is 19.1 Å². The van der Waals surface area contributed by atoms with Gasteiger partial charge in [0.1, 0.15) is 5.52 Å². The number of fused-ring (bicyclic) bond motifs is 1. The number of benzene rings is 3. The summed E-state index contributed by atoms with van der Waals surface area (Å²) in [5.74, 6) is -0.0575. The molecular weight excluding hydrogens is 396 g/mol. The standard InChI is InChI=1S/C26H28N4Si/c1-31(2,3)20-26(22-14-8-5-9-15-22,23(18-19-27)21-12-6-4-7-13-21)30-25-17-11-10-16-24(25)28-29-30/h4-17,23H,18,20H2,1-3H3. The normalized spacial score (nSPS) is 14.6. The van der Waals surface area contributed by atoms with Crippen LogP contribution in [0.2, 0.25) is 25.7 Å². The molecule has 0 aliphatic heterocycles. The van der Waals surface area contributed by atoms with Crippen molar-refractivity contribution in [3.63, 3.8) is 0 Å². The molecule has 156 valence electrons. The molecule has 0 aliphatic carbocycles. The molecule has 4 nitrogen and oxygen atoms in total. The number of nitrogens with zero attached hydrogens (tertiary/aromatic N) is 4. The van der Waals surface area contributed by atoms with Gasteiger partial charge in [0.05, 0.1) is 17.1 Å². The summed E-state index contributed by atoms with van der Waals surface area (Å²) in [5, 5.41) is 19.2. The minimum atomic E-state index is -1.64. The van der Waals surface area contributed by atoms with Crippen LogP contribution < -0.4 is 0 Å². The maximum Gasteiger partial charge on any atom is 0.113 e. The van der Waals surface area contributed by atoms with Crippen LogP contribution in [0.3, 0.4) is 0 Å². The quantitative estimate of drug-likeness (QED) is 0.331. The van der Waals surface area contributed by atoms with E-state index in [0.29, 0.717) is 6.42 Å². The van der Waals surface area contributed by atoms with E-state index in [1.165, 1.54) is 5.56 Å². The highest BCUT2D eigenvalue weighted by atomic mass is 28.3. The van der Waals surface area contributed by atoms with E-state index in [0.717, 1.165) is 22.6 Å². The molecule has 0 amide bonds. The number of rotatable bonds is 7. The predicted molar refractivity (Wildman–Crippen MR) is 129 cm³/mol. The Balaban J connectivity index is 2.11. The number of hydrogen-bond donors (Lipinski definition) is 0.